The third-order valence-corrected chi connectivity index (χ3v) is 4.63. The number of likely N-dealkylation sites (N-methyl/N-ethyl adjacent to an activating group) is 1. The van der Waals surface area contributed by atoms with Gasteiger partial charge in [-0.15, -0.1) is 0 Å². The van der Waals surface area contributed by atoms with Crippen LogP contribution < -0.4 is 0 Å². The molecular weight excluding hydrogens is 302 g/mol. The second kappa shape index (κ2) is 7.16. The summed E-state index contributed by atoms with van der Waals surface area (Å²) in [6.07, 6.45) is 0.635. The van der Waals surface area contributed by atoms with E-state index >= 15 is 0 Å². The molecule has 0 bridgehead atoms. The van der Waals surface area contributed by atoms with E-state index in [2.05, 4.69) is 11.8 Å². The minimum atomic E-state index is -1.79. The Morgan fingerprint density at radius 1 is 1.12 bits per heavy atom. The Labute approximate surface area is 142 Å². The number of benzene rings is 2. The Kier molecular flexibility index (Phi) is 4.97. The van der Waals surface area contributed by atoms with Crippen molar-refractivity contribution in [1.29, 1.82) is 0 Å². The molecule has 1 fully saturated rings. The standard InChI is InChI=1S/C20H23NO3/c1-2-21-14-13-18(15-21)24-19(22)20(23,16-9-5-3-6-10-16)17-11-7-4-8-12-17/h3-12,18,23H,2,13-15H2,1H3. The van der Waals surface area contributed by atoms with Crippen LogP contribution in [0.3, 0.4) is 0 Å². The SMILES string of the molecule is CCN1CCC(OC(=O)C(O)(c2ccccc2)c2ccccc2)C1. The maximum Gasteiger partial charge on any atom is 0.348 e. The normalized spacial score (nSPS) is 18.5. The molecule has 0 radical (unpaired) electrons. The van der Waals surface area contributed by atoms with E-state index in [0.717, 1.165) is 26.1 Å². The fourth-order valence-corrected chi connectivity index (χ4v) is 3.18. The summed E-state index contributed by atoms with van der Waals surface area (Å²) in [5.74, 6) is -0.608. The summed E-state index contributed by atoms with van der Waals surface area (Å²) in [5.41, 5.74) is -0.750. The molecule has 1 unspecified atom stereocenters. The smallest absolute Gasteiger partial charge is 0.348 e. The molecule has 0 aliphatic carbocycles. The van der Waals surface area contributed by atoms with Crippen LogP contribution >= 0.6 is 0 Å². The Morgan fingerprint density at radius 2 is 1.67 bits per heavy atom. The number of aliphatic hydroxyl groups is 1. The predicted octanol–water partition coefficient (Wildman–Crippen LogP) is 2.56. The first-order valence-corrected chi connectivity index (χ1v) is 8.41. The van der Waals surface area contributed by atoms with E-state index in [1.54, 1.807) is 24.3 Å². The van der Waals surface area contributed by atoms with Gasteiger partial charge in [0.05, 0.1) is 0 Å². The van der Waals surface area contributed by atoms with Crippen LogP contribution in [0.25, 0.3) is 0 Å². The lowest BCUT2D eigenvalue weighted by molar-refractivity contribution is -0.167. The van der Waals surface area contributed by atoms with Crippen molar-refractivity contribution in [1.82, 2.24) is 4.90 Å². The van der Waals surface area contributed by atoms with Crippen LogP contribution in [0.15, 0.2) is 60.7 Å². The van der Waals surface area contributed by atoms with Crippen molar-refractivity contribution in [2.45, 2.75) is 25.0 Å². The lowest BCUT2D eigenvalue weighted by Crippen LogP contribution is -2.41. The van der Waals surface area contributed by atoms with Gasteiger partial charge in [-0.1, -0.05) is 67.6 Å². The van der Waals surface area contributed by atoms with E-state index < -0.39 is 11.6 Å². The van der Waals surface area contributed by atoms with Crippen molar-refractivity contribution in [2.75, 3.05) is 19.6 Å². The zero-order chi connectivity index (χ0) is 17.0. The number of carbonyl (C=O) groups excluding carboxylic acids is 1. The van der Waals surface area contributed by atoms with Crippen molar-refractivity contribution in [2.24, 2.45) is 0 Å². The second-order valence-corrected chi connectivity index (χ2v) is 6.15. The van der Waals surface area contributed by atoms with Gasteiger partial charge in [-0.2, -0.15) is 0 Å². The third kappa shape index (κ3) is 3.21. The summed E-state index contributed by atoms with van der Waals surface area (Å²) in [6.45, 7) is 4.68. The fraction of sp³-hybridized carbons (Fsp3) is 0.350. The van der Waals surface area contributed by atoms with Gasteiger partial charge in [-0.05, 0) is 24.1 Å². The number of ether oxygens (including phenoxy) is 1. The van der Waals surface area contributed by atoms with Crippen molar-refractivity contribution in [3.63, 3.8) is 0 Å². The van der Waals surface area contributed by atoms with Gasteiger partial charge in [0.15, 0.2) is 0 Å². The summed E-state index contributed by atoms with van der Waals surface area (Å²) in [6, 6.07) is 18.0. The topological polar surface area (TPSA) is 49.8 Å². The summed E-state index contributed by atoms with van der Waals surface area (Å²) < 4.78 is 5.69. The van der Waals surface area contributed by atoms with Crippen molar-refractivity contribution in [3.8, 4) is 0 Å². The molecule has 1 aliphatic heterocycles. The van der Waals surface area contributed by atoms with Gasteiger partial charge in [0, 0.05) is 13.1 Å². The summed E-state index contributed by atoms with van der Waals surface area (Å²) in [4.78, 5) is 15.2. The number of likely N-dealkylation sites (tertiary alicyclic amines) is 1. The minimum Gasteiger partial charge on any atom is -0.458 e. The highest BCUT2D eigenvalue weighted by Gasteiger charge is 2.43. The Hall–Kier alpha value is -2.17. The van der Waals surface area contributed by atoms with Crippen LogP contribution in [0, 0.1) is 0 Å². The fourth-order valence-electron chi connectivity index (χ4n) is 3.18. The Bertz CT molecular complexity index is 632. The van der Waals surface area contributed by atoms with Crippen LogP contribution in [0.4, 0.5) is 0 Å². The minimum absolute atomic E-state index is 0.170. The molecule has 1 atom stereocenters. The highest BCUT2D eigenvalue weighted by molar-refractivity contribution is 5.85. The average Bonchev–Trinajstić information content (AvgIpc) is 3.10. The molecule has 3 rings (SSSR count). The van der Waals surface area contributed by atoms with Gasteiger partial charge >= 0.3 is 5.97 Å². The number of rotatable bonds is 5. The van der Waals surface area contributed by atoms with E-state index in [1.165, 1.54) is 0 Å². The maximum atomic E-state index is 12.9. The number of hydrogen-bond donors (Lipinski definition) is 1. The van der Waals surface area contributed by atoms with E-state index in [4.69, 9.17) is 4.74 Å². The molecule has 1 aliphatic rings. The van der Waals surface area contributed by atoms with Crippen molar-refractivity contribution in [3.05, 3.63) is 71.8 Å². The Morgan fingerprint density at radius 3 is 2.12 bits per heavy atom. The number of nitrogens with zero attached hydrogens (tertiary/aromatic N) is 1. The molecule has 2 aromatic rings. The molecule has 126 valence electrons. The summed E-state index contributed by atoms with van der Waals surface area (Å²) in [5, 5.41) is 11.3. The average molecular weight is 325 g/mol. The van der Waals surface area contributed by atoms with Gasteiger partial charge in [-0.3, -0.25) is 4.90 Å². The van der Waals surface area contributed by atoms with Crippen LogP contribution in [0.2, 0.25) is 0 Å². The van der Waals surface area contributed by atoms with E-state index in [0.29, 0.717) is 11.1 Å². The van der Waals surface area contributed by atoms with Crippen molar-refractivity contribution < 1.29 is 14.6 Å². The highest BCUT2D eigenvalue weighted by atomic mass is 16.6. The number of hydrogen-bond acceptors (Lipinski definition) is 4. The zero-order valence-electron chi connectivity index (χ0n) is 13.9. The molecule has 1 saturated heterocycles. The molecule has 0 saturated carbocycles. The number of esters is 1. The van der Waals surface area contributed by atoms with Crippen LogP contribution in [-0.2, 0) is 15.1 Å². The first kappa shape index (κ1) is 16.7. The van der Waals surface area contributed by atoms with Crippen LogP contribution in [0.1, 0.15) is 24.5 Å². The van der Waals surface area contributed by atoms with Gasteiger partial charge in [-0.25, -0.2) is 4.79 Å². The quantitative estimate of drug-likeness (QED) is 0.859. The zero-order valence-corrected chi connectivity index (χ0v) is 13.9. The molecular formula is C20H23NO3. The third-order valence-electron chi connectivity index (χ3n) is 4.63. The second-order valence-electron chi connectivity index (χ2n) is 6.15. The lowest BCUT2D eigenvalue weighted by atomic mass is 9.86. The van der Waals surface area contributed by atoms with Gasteiger partial charge in [0.1, 0.15) is 6.10 Å². The summed E-state index contributed by atoms with van der Waals surface area (Å²) in [7, 11) is 0. The van der Waals surface area contributed by atoms with Gasteiger partial charge < -0.3 is 9.84 Å². The van der Waals surface area contributed by atoms with Crippen LogP contribution in [-0.4, -0.2) is 41.7 Å². The summed E-state index contributed by atoms with van der Waals surface area (Å²) >= 11 is 0. The number of carbonyl (C=O) groups is 1. The molecule has 2 aromatic carbocycles. The van der Waals surface area contributed by atoms with E-state index in [1.807, 2.05) is 36.4 Å². The molecule has 0 aromatic heterocycles. The van der Waals surface area contributed by atoms with Gasteiger partial charge in [0.25, 0.3) is 0 Å². The molecule has 24 heavy (non-hydrogen) atoms. The molecule has 0 amide bonds. The maximum absolute atomic E-state index is 12.9. The van der Waals surface area contributed by atoms with Crippen LogP contribution in [0.5, 0.6) is 0 Å². The van der Waals surface area contributed by atoms with Crippen molar-refractivity contribution >= 4 is 5.97 Å². The molecule has 1 heterocycles. The molecule has 4 nitrogen and oxygen atoms in total. The first-order valence-electron chi connectivity index (χ1n) is 8.41. The van der Waals surface area contributed by atoms with E-state index in [9.17, 15) is 9.90 Å². The highest BCUT2D eigenvalue weighted by Crippen LogP contribution is 2.32. The monoisotopic (exact) mass is 325 g/mol. The van der Waals surface area contributed by atoms with Gasteiger partial charge in [0.2, 0.25) is 5.60 Å². The first-order chi connectivity index (χ1) is 11.6. The molecule has 0 spiro atoms. The predicted molar refractivity (Wildman–Crippen MR) is 92.5 cm³/mol. The largest absolute Gasteiger partial charge is 0.458 e. The lowest BCUT2D eigenvalue weighted by Gasteiger charge is -2.28. The van der Waals surface area contributed by atoms with E-state index in [-0.39, 0.29) is 6.10 Å². The Balaban J connectivity index is 1.89. The molecule has 4 heteroatoms. The molecule has 1 N–H and O–H groups in total.